The minimum atomic E-state index is -0.655. The van der Waals surface area contributed by atoms with E-state index in [0.717, 1.165) is 5.56 Å². The summed E-state index contributed by atoms with van der Waals surface area (Å²) in [5, 5.41) is 2.80. The Kier molecular flexibility index (Phi) is 4.16. The number of ether oxygens (including phenoxy) is 1. The molecule has 22 heavy (non-hydrogen) atoms. The Labute approximate surface area is 136 Å². The smallest absolute Gasteiger partial charge is 0.408 e. The number of halogens is 2. The Morgan fingerprint density at radius 3 is 2.55 bits per heavy atom. The number of rotatable bonds is 4. The second-order valence-corrected chi connectivity index (χ2v) is 6.22. The van der Waals surface area contributed by atoms with Crippen LogP contribution in [0.5, 0.6) is 0 Å². The second-order valence-electron chi connectivity index (χ2n) is 5.37. The van der Waals surface area contributed by atoms with E-state index in [0.29, 0.717) is 22.9 Å². The van der Waals surface area contributed by atoms with Crippen LogP contribution in [0.15, 0.2) is 53.0 Å². The zero-order valence-corrected chi connectivity index (χ0v) is 13.4. The van der Waals surface area contributed by atoms with Crippen LogP contribution in [0.2, 0.25) is 0 Å². The number of amides is 1. The van der Waals surface area contributed by atoms with Crippen LogP contribution >= 0.6 is 15.9 Å². The van der Waals surface area contributed by atoms with Gasteiger partial charge in [-0.05, 0) is 30.5 Å². The predicted octanol–water partition coefficient (Wildman–Crippen LogP) is 4.50. The van der Waals surface area contributed by atoms with E-state index in [2.05, 4.69) is 21.2 Å². The summed E-state index contributed by atoms with van der Waals surface area (Å²) >= 11 is 3.36. The van der Waals surface area contributed by atoms with Crippen molar-refractivity contribution in [1.29, 1.82) is 0 Å². The summed E-state index contributed by atoms with van der Waals surface area (Å²) in [4.78, 5) is 12.0. The van der Waals surface area contributed by atoms with Crippen molar-refractivity contribution in [3.63, 3.8) is 0 Å². The number of nitrogens with one attached hydrogen (secondary N) is 1. The number of hydrogen-bond acceptors (Lipinski definition) is 2. The molecule has 1 amide bonds. The van der Waals surface area contributed by atoms with E-state index in [1.807, 2.05) is 30.3 Å². The average Bonchev–Trinajstić information content (AvgIpc) is 3.26. The topological polar surface area (TPSA) is 38.3 Å². The van der Waals surface area contributed by atoms with Crippen molar-refractivity contribution >= 4 is 22.0 Å². The van der Waals surface area contributed by atoms with Gasteiger partial charge in [0.1, 0.15) is 12.4 Å². The lowest BCUT2D eigenvalue weighted by Gasteiger charge is -2.19. The summed E-state index contributed by atoms with van der Waals surface area (Å²) in [6.07, 6.45) is 0.872. The molecule has 0 spiro atoms. The minimum absolute atomic E-state index is 0.196. The number of benzene rings is 2. The Morgan fingerprint density at radius 2 is 1.91 bits per heavy atom. The van der Waals surface area contributed by atoms with E-state index in [4.69, 9.17) is 4.74 Å². The highest BCUT2D eigenvalue weighted by Crippen LogP contribution is 2.49. The first-order valence-electron chi connectivity index (χ1n) is 7.04. The van der Waals surface area contributed by atoms with E-state index >= 15 is 0 Å². The Balaban J connectivity index is 1.66. The molecule has 1 N–H and O–H groups in total. The molecule has 1 saturated carbocycles. The zero-order chi connectivity index (χ0) is 15.6. The van der Waals surface area contributed by atoms with Gasteiger partial charge >= 0.3 is 6.09 Å². The van der Waals surface area contributed by atoms with Crippen LogP contribution in [0.1, 0.15) is 24.0 Å². The minimum Gasteiger partial charge on any atom is -0.445 e. The van der Waals surface area contributed by atoms with E-state index < -0.39 is 11.6 Å². The molecular weight excluding hydrogens is 349 g/mol. The fraction of sp³-hybridized carbons (Fsp3) is 0.235. The van der Waals surface area contributed by atoms with Gasteiger partial charge in [0.05, 0.1) is 5.54 Å². The molecule has 1 fully saturated rings. The van der Waals surface area contributed by atoms with Gasteiger partial charge in [0.2, 0.25) is 0 Å². The lowest BCUT2D eigenvalue weighted by atomic mass is 10.0. The number of hydrogen-bond donors (Lipinski definition) is 1. The van der Waals surface area contributed by atoms with Crippen LogP contribution in [0, 0.1) is 5.82 Å². The van der Waals surface area contributed by atoms with Crippen LogP contribution in [0.4, 0.5) is 9.18 Å². The molecule has 1 aliphatic carbocycles. The molecule has 114 valence electrons. The third-order valence-corrected chi connectivity index (χ3v) is 4.41. The SMILES string of the molecule is O=C(NC1(c2c(F)cccc2Br)CC1)OCc1ccccc1. The number of carbonyl (C=O) groups excluding carboxylic acids is 1. The third-order valence-electron chi connectivity index (χ3n) is 3.75. The van der Waals surface area contributed by atoms with Crippen molar-refractivity contribution in [2.45, 2.75) is 25.0 Å². The first-order chi connectivity index (χ1) is 10.6. The van der Waals surface area contributed by atoms with Crippen molar-refractivity contribution in [3.05, 3.63) is 69.9 Å². The van der Waals surface area contributed by atoms with Gasteiger partial charge in [-0.1, -0.05) is 52.3 Å². The monoisotopic (exact) mass is 363 g/mol. The number of carbonyl (C=O) groups is 1. The fourth-order valence-electron chi connectivity index (χ4n) is 2.47. The van der Waals surface area contributed by atoms with Gasteiger partial charge in [-0.25, -0.2) is 9.18 Å². The molecule has 0 aromatic heterocycles. The van der Waals surface area contributed by atoms with E-state index in [9.17, 15) is 9.18 Å². The van der Waals surface area contributed by atoms with Gasteiger partial charge < -0.3 is 10.1 Å². The molecule has 2 aromatic rings. The molecule has 0 radical (unpaired) electrons. The van der Waals surface area contributed by atoms with Gasteiger partial charge in [-0.15, -0.1) is 0 Å². The lowest BCUT2D eigenvalue weighted by molar-refractivity contribution is 0.134. The summed E-state index contributed by atoms with van der Waals surface area (Å²) < 4.78 is 19.9. The van der Waals surface area contributed by atoms with Crippen molar-refractivity contribution in [2.75, 3.05) is 0 Å². The van der Waals surface area contributed by atoms with Gasteiger partial charge in [0.25, 0.3) is 0 Å². The first kappa shape index (κ1) is 15.0. The maximum absolute atomic E-state index is 14.1. The van der Waals surface area contributed by atoms with Crippen molar-refractivity contribution in [2.24, 2.45) is 0 Å². The molecule has 0 heterocycles. The van der Waals surface area contributed by atoms with Gasteiger partial charge in [-0.2, -0.15) is 0 Å². The van der Waals surface area contributed by atoms with Gasteiger partial charge in [0, 0.05) is 10.0 Å². The molecule has 0 aliphatic heterocycles. The van der Waals surface area contributed by atoms with Gasteiger partial charge in [0.15, 0.2) is 0 Å². The van der Waals surface area contributed by atoms with Crippen LogP contribution in [0.3, 0.4) is 0 Å². The quantitative estimate of drug-likeness (QED) is 0.867. The summed E-state index contributed by atoms with van der Waals surface area (Å²) in [7, 11) is 0. The Morgan fingerprint density at radius 1 is 1.18 bits per heavy atom. The highest BCUT2D eigenvalue weighted by Gasteiger charge is 2.49. The van der Waals surface area contributed by atoms with E-state index in [-0.39, 0.29) is 12.4 Å². The Bertz CT molecular complexity index is 666. The van der Waals surface area contributed by atoms with Gasteiger partial charge in [-0.3, -0.25) is 0 Å². The summed E-state index contributed by atoms with van der Waals surface area (Å²) in [6.45, 7) is 0.196. The molecule has 5 heteroatoms. The molecule has 0 bridgehead atoms. The largest absolute Gasteiger partial charge is 0.445 e. The van der Waals surface area contributed by atoms with Crippen molar-refractivity contribution < 1.29 is 13.9 Å². The van der Waals surface area contributed by atoms with Crippen molar-refractivity contribution in [1.82, 2.24) is 5.32 Å². The van der Waals surface area contributed by atoms with Crippen LogP contribution in [0.25, 0.3) is 0 Å². The fourth-order valence-corrected chi connectivity index (χ4v) is 3.19. The molecule has 0 unspecified atom stereocenters. The summed E-state index contributed by atoms with van der Waals surface area (Å²) in [6, 6.07) is 14.2. The molecule has 3 rings (SSSR count). The maximum atomic E-state index is 14.1. The zero-order valence-electron chi connectivity index (χ0n) is 11.8. The normalized spacial score (nSPS) is 15.2. The predicted molar refractivity (Wildman–Crippen MR) is 84.8 cm³/mol. The number of alkyl carbamates (subject to hydrolysis) is 1. The van der Waals surface area contributed by atoms with Crippen LogP contribution in [-0.4, -0.2) is 6.09 Å². The highest BCUT2D eigenvalue weighted by molar-refractivity contribution is 9.10. The third kappa shape index (κ3) is 3.14. The van der Waals surface area contributed by atoms with E-state index in [1.54, 1.807) is 12.1 Å². The second kappa shape index (κ2) is 6.08. The molecule has 1 aliphatic rings. The molecule has 0 atom stereocenters. The average molecular weight is 364 g/mol. The van der Waals surface area contributed by atoms with Crippen molar-refractivity contribution in [3.8, 4) is 0 Å². The maximum Gasteiger partial charge on any atom is 0.408 e. The molecule has 3 nitrogen and oxygen atoms in total. The Hall–Kier alpha value is -1.88. The van der Waals surface area contributed by atoms with Crippen LogP contribution < -0.4 is 5.32 Å². The lowest BCUT2D eigenvalue weighted by Crippen LogP contribution is -2.36. The highest BCUT2D eigenvalue weighted by atomic mass is 79.9. The molecule has 0 saturated heterocycles. The first-order valence-corrected chi connectivity index (χ1v) is 7.83. The molecular formula is C17H15BrFNO2. The summed E-state index contributed by atoms with van der Waals surface area (Å²) in [5.74, 6) is -0.324. The molecule has 2 aromatic carbocycles. The van der Waals surface area contributed by atoms with Crippen LogP contribution in [-0.2, 0) is 16.9 Å². The van der Waals surface area contributed by atoms with E-state index in [1.165, 1.54) is 6.07 Å². The standard InChI is InChI=1S/C17H15BrFNO2/c18-13-7-4-8-14(19)15(13)17(9-10-17)20-16(21)22-11-12-5-2-1-3-6-12/h1-8H,9-11H2,(H,20,21). The summed E-state index contributed by atoms with van der Waals surface area (Å²) in [5.41, 5.74) is 0.749.